The second kappa shape index (κ2) is 4.55. The molecule has 0 unspecified atom stereocenters. The molecule has 17 heavy (non-hydrogen) atoms. The molecule has 0 amide bonds. The van der Waals surface area contributed by atoms with Gasteiger partial charge in [0, 0.05) is 0 Å². The second-order valence-electron chi connectivity index (χ2n) is 2.92. The first-order valence-electron chi connectivity index (χ1n) is 3.98. The quantitative estimate of drug-likeness (QED) is 0.463. The van der Waals surface area contributed by atoms with Gasteiger partial charge in [-0.15, -0.1) is 0 Å². The van der Waals surface area contributed by atoms with Crippen molar-refractivity contribution in [3.8, 4) is 0 Å². The van der Waals surface area contributed by atoms with Crippen LogP contribution in [0, 0.1) is 10.1 Å². The van der Waals surface area contributed by atoms with E-state index in [9.17, 15) is 32.1 Å². The van der Waals surface area contributed by atoms with Crippen molar-refractivity contribution in [1.29, 1.82) is 0 Å². The first kappa shape index (κ1) is 13.8. The van der Waals surface area contributed by atoms with Gasteiger partial charge in [0.05, 0.1) is 16.1 Å². The van der Waals surface area contributed by atoms with Crippen molar-refractivity contribution >= 4 is 21.6 Å². The molecule has 3 nitrogen and oxygen atoms in total. The molecule has 0 spiro atoms. The third kappa shape index (κ3) is 2.71. The van der Waals surface area contributed by atoms with Gasteiger partial charge < -0.3 is 0 Å². The summed E-state index contributed by atoms with van der Waals surface area (Å²) in [5.74, 6) is 0. The smallest absolute Gasteiger partial charge is 0.258 e. The summed E-state index contributed by atoms with van der Waals surface area (Å²) in [4.78, 5) is 9.22. The molecule has 0 heterocycles. The van der Waals surface area contributed by atoms with Gasteiger partial charge in [0.1, 0.15) is 4.47 Å². The second-order valence-corrected chi connectivity index (χ2v) is 3.71. The minimum absolute atomic E-state index is 0.374. The minimum Gasteiger partial charge on any atom is -0.258 e. The summed E-state index contributed by atoms with van der Waals surface area (Å²) in [5.41, 5.74) is -3.70. The molecule has 1 rings (SSSR count). The number of alkyl halides is 5. The van der Waals surface area contributed by atoms with E-state index in [0.717, 1.165) is 0 Å². The minimum atomic E-state index is -4.86. The summed E-state index contributed by atoms with van der Waals surface area (Å²) < 4.78 is 60.9. The number of rotatable bonds is 2. The van der Waals surface area contributed by atoms with Crippen molar-refractivity contribution < 1.29 is 26.9 Å². The summed E-state index contributed by atoms with van der Waals surface area (Å²) in [6.07, 6.45) is -8.08. The summed E-state index contributed by atoms with van der Waals surface area (Å²) in [5, 5.41) is 10.5. The van der Waals surface area contributed by atoms with Crippen molar-refractivity contribution in [3.05, 3.63) is 37.8 Å². The molecule has 0 saturated carbocycles. The molecule has 0 aliphatic heterocycles. The van der Waals surface area contributed by atoms with Crippen molar-refractivity contribution in [1.82, 2.24) is 0 Å². The summed E-state index contributed by atoms with van der Waals surface area (Å²) in [6.45, 7) is 0. The molecule has 0 aliphatic rings. The van der Waals surface area contributed by atoms with E-state index in [0.29, 0.717) is 12.1 Å². The SMILES string of the molecule is O=[N+]([O-])c1c(C(F)F)ccc(C(F)(F)F)c1Br. The molecule has 0 aliphatic carbocycles. The predicted molar refractivity (Wildman–Crippen MR) is 50.8 cm³/mol. The lowest BCUT2D eigenvalue weighted by Crippen LogP contribution is -2.09. The maximum absolute atomic E-state index is 12.4. The van der Waals surface area contributed by atoms with Gasteiger partial charge in [0.2, 0.25) is 0 Å². The number of hydrogen-bond acceptors (Lipinski definition) is 2. The van der Waals surface area contributed by atoms with Gasteiger partial charge in [-0.3, -0.25) is 10.1 Å². The highest BCUT2D eigenvalue weighted by Gasteiger charge is 2.38. The van der Waals surface area contributed by atoms with Crippen molar-refractivity contribution in [2.75, 3.05) is 0 Å². The number of nitro benzene ring substituents is 1. The van der Waals surface area contributed by atoms with Gasteiger partial charge in [-0.05, 0) is 28.1 Å². The molecule has 0 radical (unpaired) electrons. The van der Waals surface area contributed by atoms with Crippen LogP contribution in [0.25, 0.3) is 0 Å². The Hall–Kier alpha value is -1.25. The highest BCUT2D eigenvalue weighted by atomic mass is 79.9. The zero-order valence-corrected chi connectivity index (χ0v) is 9.35. The van der Waals surface area contributed by atoms with Crippen molar-refractivity contribution in [2.24, 2.45) is 0 Å². The van der Waals surface area contributed by atoms with Crippen LogP contribution >= 0.6 is 15.9 Å². The average molecular weight is 320 g/mol. The first-order valence-corrected chi connectivity index (χ1v) is 4.77. The van der Waals surface area contributed by atoms with Gasteiger partial charge in [-0.2, -0.15) is 13.2 Å². The van der Waals surface area contributed by atoms with Crippen LogP contribution in [0.15, 0.2) is 16.6 Å². The van der Waals surface area contributed by atoms with Crippen LogP contribution in [-0.4, -0.2) is 4.92 Å². The van der Waals surface area contributed by atoms with Crippen LogP contribution in [0.2, 0.25) is 0 Å². The molecule has 0 fully saturated rings. The molecule has 1 aromatic rings. The largest absolute Gasteiger partial charge is 0.417 e. The molecule has 0 saturated heterocycles. The van der Waals surface area contributed by atoms with Gasteiger partial charge in [0.25, 0.3) is 12.1 Å². The number of hydrogen-bond donors (Lipinski definition) is 0. The summed E-state index contributed by atoms with van der Waals surface area (Å²) in [6, 6.07) is 0.773. The zero-order chi connectivity index (χ0) is 13.4. The van der Waals surface area contributed by atoms with Crippen LogP contribution in [-0.2, 0) is 6.18 Å². The topological polar surface area (TPSA) is 43.1 Å². The summed E-state index contributed by atoms with van der Waals surface area (Å²) in [7, 11) is 0. The van der Waals surface area contributed by atoms with E-state index in [1.165, 1.54) is 0 Å². The fourth-order valence-electron chi connectivity index (χ4n) is 1.16. The van der Waals surface area contributed by atoms with E-state index in [-0.39, 0.29) is 0 Å². The molecule has 0 N–H and O–H groups in total. The Kier molecular flexibility index (Phi) is 3.70. The number of benzene rings is 1. The Labute approximate surface area is 99.5 Å². The van der Waals surface area contributed by atoms with Crippen LogP contribution in [0.3, 0.4) is 0 Å². The van der Waals surface area contributed by atoms with Gasteiger partial charge >= 0.3 is 6.18 Å². The molecular formula is C8H3BrF5NO2. The zero-order valence-electron chi connectivity index (χ0n) is 7.76. The summed E-state index contributed by atoms with van der Waals surface area (Å²) >= 11 is 2.34. The fourth-order valence-corrected chi connectivity index (χ4v) is 1.89. The highest BCUT2D eigenvalue weighted by molar-refractivity contribution is 9.10. The van der Waals surface area contributed by atoms with Gasteiger partial charge in [-0.1, -0.05) is 0 Å². The molecule has 1 aromatic carbocycles. The number of nitro groups is 1. The molecule has 0 bridgehead atoms. The predicted octanol–water partition coefficient (Wildman–Crippen LogP) is 4.31. The lowest BCUT2D eigenvalue weighted by molar-refractivity contribution is -0.387. The maximum atomic E-state index is 12.4. The Balaban J connectivity index is 3.56. The van der Waals surface area contributed by atoms with E-state index in [2.05, 4.69) is 15.9 Å². The maximum Gasteiger partial charge on any atom is 0.417 e. The van der Waals surface area contributed by atoms with E-state index < -0.39 is 38.8 Å². The van der Waals surface area contributed by atoms with E-state index >= 15 is 0 Å². The number of halogens is 6. The lowest BCUT2D eigenvalue weighted by atomic mass is 10.1. The highest BCUT2D eigenvalue weighted by Crippen LogP contribution is 2.43. The molecule has 0 aromatic heterocycles. The third-order valence-electron chi connectivity index (χ3n) is 1.87. The molecule has 94 valence electrons. The Morgan fingerprint density at radius 1 is 1.29 bits per heavy atom. The van der Waals surface area contributed by atoms with Crippen LogP contribution < -0.4 is 0 Å². The van der Waals surface area contributed by atoms with E-state index in [1.807, 2.05) is 0 Å². The molecular weight excluding hydrogens is 317 g/mol. The van der Waals surface area contributed by atoms with E-state index in [4.69, 9.17) is 0 Å². The van der Waals surface area contributed by atoms with Gasteiger partial charge in [0.15, 0.2) is 0 Å². The van der Waals surface area contributed by atoms with Crippen molar-refractivity contribution in [3.63, 3.8) is 0 Å². The Morgan fingerprint density at radius 3 is 2.18 bits per heavy atom. The normalized spacial score (nSPS) is 11.9. The Morgan fingerprint density at radius 2 is 1.82 bits per heavy atom. The average Bonchev–Trinajstić information content (AvgIpc) is 2.13. The van der Waals surface area contributed by atoms with Crippen LogP contribution in [0.5, 0.6) is 0 Å². The molecule has 0 atom stereocenters. The first-order chi connectivity index (χ1) is 7.66. The fraction of sp³-hybridized carbons (Fsp3) is 0.250. The lowest BCUT2D eigenvalue weighted by Gasteiger charge is -2.11. The Bertz CT molecular complexity index is 460. The monoisotopic (exact) mass is 319 g/mol. The van der Waals surface area contributed by atoms with E-state index in [1.54, 1.807) is 0 Å². The molecule has 9 heteroatoms. The van der Waals surface area contributed by atoms with Crippen molar-refractivity contribution in [2.45, 2.75) is 12.6 Å². The van der Waals surface area contributed by atoms with Crippen LogP contribution in [0.4, 0.5) is 27.6 Å². The number of nitrogens with zero attached hydrogens (tertiary/aromatic N) is 1. The standard InChI is InChI=1S/C8H3BrF5NO2/c9-5-4(8(12,13)14)2-1-3(7(10)11)6(5)15(16)17/h1-2,7H. The van der Waals surface area contributed by atoms with Crippen LogP contribution in [0.1, 0.15) is 17.6 Å². The third-order valence-corrected chi connectivity index (χ3v) is 2.67. The van der Waals surface area contributed by atoms with Gasteiger partial charge in [-0.25, -0.2) is 8.78 Å².